The first-order chi connectivity index (χ1) is 9.79. The second kappa shape index (κ2) is 6.46. The van der Waals surface area contributed by atoms with Crippen molar-refractivity contribution < 1.29 is 0 Å². The molecule has 0 aromatic heterocycles. The van der Waals surface area contributed by atoms with Crippen LogP contribution in [0.1, 0.15) is 19.3 Å². The van der Waals surface area contributed by atoms with Crippen LogP contribution in [0.4, 0.5) is 0 Å². The maximum Gasteiger partial charge on any atom is 0.166 e. The van der Waals surface area contributed by atoms with Gasteiger partial charge in [-0.05, 0) is 42.1 Å². The number of thioether (sulfide) groups is 1. The number of benzene rings is 1. The van der Waals surface area contributed by atoms with E-state index in [4.69, 9.17) is 12.2 Å². The second-order valence-corrected chi connectivity index (χ2v) is 6.74. The third kappa shape index (κ3) is 4.12. The molecule has 2 N–H and O–H groups in total. The van der Waals surface area contributed by atoms with Gasteiger partial charge in [-0.2, -0.15) is 0 Å². The first-order valence-electron chi connectivity index (χ1n) is 6.97. The highest BCUT2D eigenvalue weighted by molar-refractivity contribution is 8.03. The Labute approximate surface area is 129 Å². The minimum atomic E-state index is 0.296. The summed E-state index contributed by atoms with van der Waals surface area (Å²) >= 11 is 7.16. The molecule has 2 aliphatic carbocycles. The van der Waals surface area contributed by atoms with Gasteiger partial charge in [0.1, 0.15) is 0 Å². The number of hydrogen-bond acceptors (Lipinski definition) is 2. The molecule has 104 valence electrons. The molecule has 0 aliphatic heterocycles. The molecule has 0 heterocycles. The van der Waals surface area contributed by atoms with E-state index in [-0.39, 0.29) is 0 Å². The molecule has 3 rings (SSSR count). The van der Waals surface area contributed by atoms with Crippen LogP contribution in [0.2, 0.25) is 0 Å². The van der Waals surface area contributed by atoms with Crippen LogP contribution >= 0.6 is 24.0 Å². The number of nitrogens with one attached hydrogen (secondary N) is 2. The molecule has 2 nitrogen and oxygen atoms in total. The van der Waals surface area contributed by atoms with E-state index >= 15 is 0 Å². The van der Waals surface area contributed by atoms with E-state index in [2.05, 4.69) is 53.1 Å². The van der Waals surface area contributed by atoms with Crippen LogP contribution in [0.25, 0.3) is 0 Å². The van der Waals surface area contributed by atoms with Gasteiger partial charge in [0.05, 0.1) is 6.04 Å². The molecule has 1 aromatic rings. The quantitative estimate of drug-likeness (QED) is 0.830. The monoisotopic (exact) mass is 302 g/mol. The van der Waals surface area contributed by atoms with Crippen molar-refractivity contribution in [3.05, 3.63) is 53.5 Å². The highest BCUT2D eigenvalue weighted by Gasteiger charge is 2.22. The Morgan fingerprint density at radius 3 is 2.70 bits per heavy atom. The third-order valence-electron chi connectivity index (χ3n) is 3.27. The van der Waals surface area contributed by atoms with E-state index in [1.165, 1.54) is 22.6 Å². The molecule has 0 bridgehead atoms. The Hall–Kier alpha value is -1.26. The maximum absolute atomic E-state index is 5.34. The molecule has 1 atom stereocenters. The fourth-order valence-electron chi connectivity index (χ4n) is 2.09. The van der Waals surface area contributed by atoms with Crippen LogP contribution in [0, 0.1) is 0 Å². The molecule has 2 aliphatic rings. The van der Waals surface area contributed by atoms with E-state index < -0.39 is 0 Å². The molecular formula is C16H18N2S2. The second-order valence-electron chi connectivity index (χ2n) is 5.14. The fourth-order valence-corrected chi connectivity index (χ4v) is 3.41. The number of thiocarbonyl (C=S) groups is 1. The highest BCUT2D eigenvalue weighted by atomic mass is 32.2. The summed E-state index contributed by atoms with van der Waals surface area (Å²) in [7, 11) is 0. The first kappa shape index (κ1) is 13.7. The van der Waals surface area contributed by atoms with Crippen molar-refractivity contribution in [1.82, 2.24) is 10.6 Å². The van der Waals surface area contributed by atoms with E-state index in [1.54, 1.807) is 0 Å². The van der Waals surface area contributed by atoms with Gasteiger partial charge in [0, 0.05) is 17.4 Å². The lowest BCUT2D eigenvalue weighted by Gasteiger charge is -2.21. The molecule has 0 saturated heterocycles. The topological polar surface area (TPSA) is 24.1 Å². The average Bonchev–Trinajstić information content (AvgIpc) is 3.24. The zero-order chi connectivity index (χ0) is 13.8. The average molecular weight is 302 g/mol. The van der Waals surface area contributed by atoms with Gasteiger partial charge < -0.3 is 10.6 Å². The summed E-state index contributed by atoms with van der Waals surface area (Å²) < 4.78 is 0. The predicted octanol–water partition coefficient (Wildman–Crippen LogP) is 3.62. The largest absolute Gasteiger partial charge is 0.360 e. The molecule has 0 radical (unpaired) electrons. The van der Waals surface area contributed by atoms with E-state index in [0.29, 0.717) is 12.1 Å². The molecule has 0 amide bonds. The van der Waals surface area contributed by atoms with Gasteiger partial charge in [0.25, 0.3) is 0 Å². The van der Waals surface area contributed by atoms with Crippen molar-refractivity contribution in [1.29, 1.82) is 0 Å². The first-order valence-corrected chi connectivity index (χ1v) is 8.19. The van der Waals surface area contributed by atoms with Crippen LogP contribution in [0.15, 0.2) is 58.4 Å². The normalized spacial score (nSPS) is 21.2. The fraction of sp³-hybridized carbons (Fsp3) is 0.312. The Kier molecular flexibility index (Phi) is 4.43. The summed E-state index contributed by atoms with van der Waals surface area (Å²) in [5, 5.41) is 7.50. The summed E-state index contributed by atoms with van der Waals surface area (Å²) in [4.78, 5) is 2.65. The lowest BCUT2D eigenvalue weighted by Crippen LogP contribution is -2.42. The highest BCUT2D eigenvalue weighted by Crippen LogP contribution is 2.31. The summed E-state index contributed by atoms with van der Waals surface area (Å²) in [5.74, 6) is 0. The number of allylic oxidation sites excluding steroid dienone is 2. The molecule has 0 spiro atoms. The Balaban J connectivity index is 1.52. The van der Waals surface area contributed by atoms with Crippen LogP contribution in [0.3, 0.4) is 0 Å². The summed E-state index contributed by atoms with van der Waals surface area (Å²) in [6, 6.07) is 11.4. The minimum Gasteiger partial charge on any atom is -0.360 e. The number of rotatable bonds is 4. The zero-order valence-corrected chi connectivity index (χ0v) is 12.8. The van der Waals surface area contributed by atoms with Gasteiger partial charge in [-0.1, -0.05) is 48.2 Å². The van der Waals surface area contributed by atoms with E-state index in [1.807, 2.05) is 17.8 Å². The molecule has 1 unspecified atom stereocenters. The Morgan fingerprint density at radius 1 is 1.15 bits per heavy atom. The Morgan fingerprint density at radius 2 is 1.95 bits per heavy atom. The molecular weight excluding hydrogens is 284 g/mol. The van der Waals surface area contributed by atoms with Gasteiger partial charge in [0.2, 0.25) is 0 Å². The standard InChI is InChI=1S/C16H18N2S2/c19-16(17-12-9-10-12)18-13-5-4-8-15(11-13)20-14-6-2-1-3-7-14/h1-8,12-13H,9-11H2,(H2,17,18,19). The lowest BCUT2D eigenvalue weighted by atomic mass is 10.1. The number of hydrogen-bond donors (Lipinski definition) is 2. The predicted molar refractivity (Wildman–Crippen MR) is 89.8 cm³/mol. The summed E-state index contributed by atoms with van der Waals surface area (Å²) in [6.07, 6.45) is 9.96. The SMILES string of the molecule is S=C(NC1C=CC=C(Sc2ccccc2)C1)NC1CC1. The van der Waals surface area contributed by atoms with Crippen LogP contribution in [0.5, 0.6) is 0 Å². The van der Waals surface area contributed by atoms with Crippen molar-refractivity contribution >= 4 is 29.1 Å². The van der Waals surface area contributed by atoms with Crippen LogP contribution in [-0.4, -0.2) is 17.2 Å². The molecule has 20 heavy (non-hydrogen) atoms. The summed E-state index contributed by atoms with van der Waals surface area (Å²) in [6.45, 7) is 0. The zero-order valence-electron chi connectivity index (χ0n) is 11.2. The van der Waals surface area contributed by atoms with Gasteiger partial charge in [-0.25, -0.2) is 0 Å². The minimum absolute atomic E-state index is 0.296. The summed E-state index contributed by atoms with van der Waals surface area (Å²) in [5.41, 5.74) is 0. The van der Waals surface area contributed by atoms with E-state index in [9.17, 15) is 0 Å². The van der Waals surface area contributed by atoms with Crippen LogP contribution in [-0.2, 0) is 0 Å². The van der Waals surface area contributed by atoms with E-state index in [0.717, 1.165) is 11.5 Å². The van der Waals surface area contributed by atoms with Gasteiger partial charge in [-0.3, -0.25) is 0 Å². The Bertz CT molecular complexity index is 533. The molecule has 1 saturated carbocycles. The van der Waals surface area contributed by atoms with Crippen molar-refractivity contribution in [2.75, 3.05) is 0 Å². The molecule has 1 fully saturated rings. The van der Waals surface area contributed by atoms with Gasteiger partial charge >= 0.3 is 0 Å². The van der Waals surface area contributed by atoms with Crippen molar-refractivity contribution in [3.8, 4) is 0 Å². The third-order valence-corrected chi connectivity index (χ3v) is 4.58. The smallest absolute Gasteiger partial charge is 0.166 e. The molecule has 4 heteroatoms. The van der Waals surface area contributed by atoms with Crippen molar-refractivity contribution in [2.45, 2.75) is 36.2 Å². The van der Waals surface area contributed by atoms with Gasteiger partial charge in [0.15, 0.2) is 5.11 Å². The van der Waals surface area contributed by atoms with Gasteiger partial charge in [-0.15, -0.1) is 0 Å². The maximum atomic E-state index is 5.34. The van der Waals surface area contributed by atoms with Crippen molar-refractivity contribution in [2.24, 2.45) is 0 Å². The lowest BCUT2D eigenvalue weighted by molar-refractivity contribution is 0.708. The van der Waals surface area contributed by atoms with Crippen molar-refractivity contribution in [3.63, 3.8) is 0 Å². The molecule has 1 aromatic carbocycles. The van der Waals surface area contributed by atoms with Crippen LogP contribution < -0.4 is 10.6 Å².